The predicted molar refractivity (Wildman–Crippen MR) is 55.9 cm³/mol. The molecule has 0 fully saturated rings. The second-order valence-corrected chi connectivity index (χ2v) is 4.45. The third-order valence-electron chi connectivity index (χ3n) is 1.99. The molecule has 4 nitrogen and oxygen atoms in total. The van der Waals surface area contributed by atoms with E-state index in [2.05, 4.69) is 25.9 Å². The number of imidazole rings is 1. The van der Waals surface area contributed by atoms with E-state index in [1.54, 1.807) is 32.4 Å². The van der Waals surface area contributed by atoms with E-state index < -0.39 is 5.60 Å². The molecule has 2 rings (SSSR count). The Balaban J connectivity index is 2.73. The van der Waals surface area contributed by atoms with Gasteiger partial charge in [-0.1, -0.05) is 0 Å². The van der Waals surface area contributed by atoms with Crippen molar-refractivity contribution in [3.8, 4) is 0 Å². The second kappa shape index (κ2) is 3.03. The van der Waals surface area contributed by atoms with Gasteiger partial charge >= 0.3 is 0 Å². The molecule has 0 radical (unpaired) electrons. The molecule has 0 unspecified atom stereocenters. The zero-order valence-electron chi connectivity index (χ0n) is 7.90. The van der Waals surface area contributed by atoms with Crippen LogP contribution in [-0.4, -0.2) is 19.5 Å². The van der Waals surface area contributed by atoms with Crippen LogP contribution in [0.25, 0.3) is 5.65 Å². The predicted octanol–water partition coefficient (Wildman–Crippen LogP) is 1.72. The number of fused-ring (bicyclic) bond motifs is 1. The van der Waals surface area contributed by atoms with Gasteiger partial charge in [0.25, 0.3) is 0 Å². The molecule has 2 aromatic heterocycles. The van der Waals surface area contributed by atoms with Crippen LogP contribution in [0.15, 0.2) is 23.2 Å². The van der Waals surface area contributed by atoms with Crippen LogP contribution >= 0.6 is 15.9 Å². The maximum absolute atomic E-state index is 9.87. The van der Waals surface area contributed by atoms with Gasteiger partial charge in [0, 0.05) is 6.20 Å². The minimum atomic E-state index is -0.903. The maximum atomic E-state index is 9.87. The van der Waals surface area contributed by atoms with Gasteiger partial charge < -0.3 is 5.11 Å². The van der Waals surface area contributed by atoms with E-state index in [1.165, 1.54) is 0 Å². The number of halogens is 1. The molecule has 0 aromatic carbocycles. The summed E-state index contributed by atoms with van der Waals surface area (Å²) in [4.78, 5) is 8.20. The summed E-state index contributed by atoms with van der Waals surface area (Å²) in [6.45, 7) is 3.45. The SMILES string of the molecule is CC(C)(O)c1cnc2cnc(Br)cn12. The highest BCUT2D eigenvalue weighted by molar-refractivity contribution is 9.10. The Kier molecular flexibility index (Phi) is 2.08. The van der Waals surface area contributed by atoms with Crippen molar-refractivity contribution in [2.45, 2.75) is 19.4 Å². The monoisotopic (exact) mass is 255 g/mol. The molecular weight excluding hydrogens is 246 g/mol. The van der Waals surface area contributed by atoms with E-state index in [0.717, 1.165) is 11.3 Å². The van der Waals surface area contributed by atoms with E-state index >= 15 is 0 Å². The lowest BCUT2D eigenvalue weighted by molar-refractivity contribution is 0.0729. The number of aliphatic hydroxyl groups is 1. The number of aromatic nitrogens is 3. The Morgan fingerprint density at radius 2 is 2.07 bits per heavy atom. The highest BCUT2D eigenvalue weighted by Gasteiger charge is 2.20. The Bertz CT molecular complexity index is 472. The Morgan fingerprint density at radius 3 is 2.71 bits per heavy atom. The van der Waals surface area contributed by atoms with Crippen molar-refractivity contribution in [2.75, 3.05) is 0 Å². The summed E-state index contributed by atoms with van der Waals surface area (Å²) in [6, 6.07) is 0. The first-order valence-corrected chi connectivity index (χ1v) is 4.99. The number of rotatable bonds is 1. The molecular formula is C9H10BrN3O. The van der Waals surface area contributed by atoms with Gasteiger partial charge in [0.05, 0.1) is 18.1 Å². The van der Waals surface area contributed by atoms with E-state index in [9.17, 15) is 5.11 Å². The quantitative estimate of drug-likeness (QED) is 0.845. The van der Waals surface area contributed by atoms with Gasteiger partial charge in [-0.05, 0) is 29.8 Å². The summed E-state index contributed by atoms with van der Waals surface area (Å²) < 4.78 is 2.53. The molecule has 5 heteroatoms. The van der Waals surface area contributed by atoms with Crippen LogP contribution in [0.5, 0.6) is 0 Å². The Labute approximate surface area is 89.7 Å². The maximum Gasteiger partial charge on any atom is 0.155 e. The molecule has 2 aromatic rings. The van der Waals surface area contributed by atoms with Crippen LogP contribution < -0.4 is 0 Å². The van der Waals surface area contributed by atoms with Crippen molar-refractivity contribution in [3.63, 3.8) is 0 Å². The summed E-state index contributed by atoms with van der Waals surface area (Å²) in [5.74, 6) is 0. The van der Waals surface area contributed by atoms with Gasteiger partial charge in [-0.3, -0.25) is 4.40 Å². The van der Waals surface area contributed by atoms with E-state index in [-0.39, 0.29) is 0 Å². The highest BCUT2D eigenvalue weighted by atomic mass is 79.9. The lowest BCUT2D eigenvalue weighted by Crippen LogP contribution is -2.18. The topological polar surface area (TPSA) is 50.4 Å². The fraction of sp³-hybridized carbons (Fsp3) is 0.333. The smallest absolute Gasteiger partial charge is 0.155 e. The van der Waals surface area contributed by atoms with Crippen molar-refractivity contribution in [2.24, 2.45) is 0 Å². The number of nitrogens with zero attached hydrogens (tertiary/aromatic N) is 3. The van der Waals surface area contributed by atoms with Gasteiger partial charge in [0.1, 0.15) is 10.2 Å². The second-order valence-electron chi connectivity index (χ2n) is 3.64. The largest absolute Gasteiger partial charge is 0.384 e. The summed E-state index contributed by atoms with van der Waals surface area (Å²) in [5, 5.41) is 9.87. The molecule has 0 bridgehead atoms. The van der Waals surface area contributed by atoms with Crippen molar-refractivity contribution in [1.82, 2.24) is 14.4 Å². The van der Waals surface area contributed by atoms with Crippen LogP contribution in [0, 0.1) is 0 Å². The minimum absolute atomic E-state index is 0.716. The number of hydrogen-bond donors (Lipinski definition) is 1. The van der Waals surface area contributed by atoms with Gasteiger partial charge in [-0.25, -0.2) is 9.97 Å². The molecule has 0 spiro atoms. The first-order valence-electron chi connectivity index (χ1n) is 4.20. The Morgan fingerprint density at radius 1 is 1.36 bits per heavy atom. The van der Waals surface area contributed by atoms with Crippen LogP contribution in [0.4, 0.5) is 0 Å². The molecule has 1 N–H and O–H groups in total. The molecule has 74 valence electrons. The zero-order valence-corrected chi connectivity index (χ0v) is 9.48. The third kappa shape index (κ3) is 1.53. The van der Waals surface area contributed by atoms with E-state index in [0.29, 0.717) is 4.60 Å². The molecule has 14 heavy (non-hydrogen) atoms. The van der Waals surface area contributed by atoms with Crippen molar-refractivity contribution in [3.05, 3.63) is 28.9 Å². The third-order valence-corrected chi connectivity index (χ3v) is 2.40. The summed E-state index contributed by atoms with van der Waals surface area (Å²) in [6.07, 6.45) is 5.10. The lowest BCUT2D eigenvalue weighted by Gasteiger charge is -2.16. The summed E-state index contributed by atoms with van der Waals surface area (Å²) >= 11 is 3.28. The van der Waals surface area contributed by atoms with E-state index in [1.807, 2.05) is 4.40 Å². The first-order chi connectivity index (χ1) is 6.48. The molecule has 0 atom stereocenters. The van der Waals surface area contributed by atoms with Crippen LogP contribution in [0.3, 0.4) is 0 Å². The van der Waals surface area contributed by atoms with Crippen molar-refractivity contribution in [1.29, 1.82) is 0 Å². The van der Waals surface area contributed by atoms with Crippen LogP contribution in [-0.2, 0) is 5.60 Å². The zero-order chi connectivity index (χ0) is 10.3. The molecule has 2 heterocycles. The van der Waals surface area contributed by atoms with Gasteiger partial charge in [-0.15, -0.1) is 0 Å². The van der Waals surface area contributed by atoms with Gasteiger partial charge in [0.2, 0.25) is 0 Å². The fourth-order valence-electron chi connectivity index (χ4n) is 1.32. The first kappa shape index (κ1) is 9.61. The van der Waals surface area contributed by atoms with Crippen LogP contribution in [0.1, 0.15) is 19.5 Å². The van der Waals surface area contributed by atoms with Gasteiger partial charge in [-0.2, -0.15) is 0 Å². The van der Waals surface area contributed by atoms with Crippen LogP contribution in [0.2, 0.25) is 0 Å². The normalized spacial score (nSPS) is 12.3. The number of hydrogen-bond acceptors (Lipinski definition) is 3. The molecule has 0 amide bonds. The summed E-state index contributed by atoms with van der Waals surface area (Å²) in [5.41, 5.74) is 0.571. The average Bonchev–Trinajstić information content (AvgIpc) is 2.45. The van der Waals surface area contributed by atoms with Gasteiger partial charge in [0.15, 0.2) is 5.65 Å². The van der Waals surface area contributed by atoms with Crippen molar-refractivity contribution >= 4 is 21.6 Å². The Hall–Kier alpha value is -0.940. The van der Waals surface area contributed by atoms with Crippen molar-refractivity contribution < 1.29 is 5.11 Å². The standard InChI is InChI=1S/C9H10BrN3O/c1-9(2,14)6-3-12-8-4-11-7(10)5-13(6)8/h3-5,14H,1-2H3. The fourth-order valence-corrected chi connectivity index (χ4v) is 1.63. The average molecular weight is 256 g/mol. The molecule has 0 aliphatic rings. The molecule has 0 aliphatic heterocycles. The molecule has 0 saturated heterocycles. The summed E-state index contributed by atoms with van der Waals surface area (Å²) in [7, 11) is 0. The van der Waals surface area contributed by atoms with E-state index in [4.69, 9.17) is 0 Å². The highest BCUT2D eigenvalue weighted by Crippen LogP contribution is 2.21. The molecule has 0 saturated carbocycles. The molecule has 0 aliphatic carbocycles. The minimum Gasteiger partial charge on any atom is -0.384 e. The lowest BCUT2D eigenvalue weighted by atomic mass is 10.1.